The fourth-order valence-electron chi connectivity index (χ4n) is 8.61. The zero-order valence-electron chi connectivity index (χ0n) is 20.9. The Balaban J connectivity index is 0.000000851. The van der Waals surface area contributed by atoms with Gasteiger partial charge in [-0.15, -0.1) is 0 Å². The van der Waals surface area contributed by atoms with Gasteiger partial charge in [0.1, 0.15) is 0 Å². The zero-order valence-corrected chi connectivity index (χ0v) is 25.8. The van der Waals surface area contributed by atoms with Gasteiger partial charge in [-0.2, -0.15) is 0 Å². The third-order valence-corrected chi connectivity index (χ3v) is 15.3. The van der Waals surface area contributed by atoms with Crippen molar-refractivity contribution in [2.75, 3.05) is 0 Å². The first-order valence-corrected chi connectivity index (χ1v) is 21.9. The van der Waals surface area contributed by atoms with Crippen molar-refractivity contribution in [3.05, 3.63) is 14.9 Å². The molecule has 0 nitrogen and oxygen atoms in total. The first-order chi connectivity index (χ1) is 13.5. The van der Waals surface area contributed by atoms with E-state index in [1.807, 2.05) is 0 Å². The maximum absolute atomic E-state index is 4.93. The Hall–Kier alpha value is 1.68. The summed E-state index contributed by atoms with van der Waals surface area (Å²) in [6.07, 6.45) is 18.8. The van der Waals surface area contributed by atoms with Gasteiger partial charge in [-0.3, -0.25) is 0 Å². The molecule has 0 aromatic carbocycles. The molecule has 4 heteroatoms. The molecule has 4 saturated carbocycles. The number of fused-ring (bicyclic) bond motifs is 2. The monoisotopic (exact) mass is 550 g/mol. The Morgan fingerprint density at radius 1 is 0.800 bits per heavy atom. The van der Waals surface area contributed by atoms with Crippen molar-refractivity contribution >= 4 is 25.1 Å². The quantitative estimate of drug-likeness (QED) is 0.240. The second kappa shape index (κ2) is 13.5. The summed E-state index contributed by atoms with van der Waals surface area (Å²) in [5.41, 5.74) is 2.35. The van der Waals surface area contributed by atoms with E-state index in [0.29, 0.717) is 0 Å². The van der Waals surface area contributed by atoms with Crippen molar-refractivity contribution in [3.63, 3.8) is 0 Å². The molecule has 4 aliphatic carbocycles. The maximum atomic E-state index is 4.93. The van der Waals surface area contributed by atoms with Gasteiger partial charge >= 0.3 is 37.9 Å². The van der Waals surface area contributed by atoms with Gasteiger partial charge in [0.05, 0.1) is 8.07 Å². The second-order valence-electron chi connectivity index (χ2n) is 11.3. The third-order valence-electron chi connectivity index (χ3n) is 10.1. The van der Waals surface area contributed by atoms with Crippen molar-refractivity contribution in [2.45, 2.75) is 115 Å². The van der Waals surface area contributed by atoms with Crippen LogP contribution >= 0.6 is 17.0 Å². The SMILES string of the molecule is CCC(C)C1CC([Si](C)(C)C2CCC3CCCCC32)C2CCCCC12.[CH3-].[CH3-].[Cl][Zr+2][Cl]. The van der Waals surface area contributed by atoms with Crippen LogP contribution in [0.5, 0.6) is 0 Å². The summed E-state index contributed by atoms with van der Waals surface area (Å²) in [5.74, 6) is 6.60. The molecule has 4 aliphatic rings. The van der Waals surface area contributed by atoms with Gasteiger partial charge in [0.25, 0.3) is 0 Å². The van der Waals surface area contributed by atoms with E-state index in [1.54, 1.807) is 64.2 Å². The fraction of sp³-hybridized carbons (Fsp3) is 0.923. The molecule has 0 amide bonds. The summed E-state index contributed by atoms with van der Waals surface area (Å²) >= 11 is -0.826. The molecule has 176 valence electrons. The van der Waals surface area contributed by atoms with Gasteiger partial charge in [0.2, 0.25) is 0 Å². The summed E-state index contributed by atoms with van der Waals surface area (Å²) in [6.45, 7) is 10.8. The van der Waals surface area contributed by atoms with Crippen molar-refractivity contribution < 1.29 is 20.8 Å². The molecule has 0 aromatic heterocycles. The van der Waals surface area contributed by atoms with E-state index in [-0.39, 0.29) is 14.9 Å². The van der Waals surface area contributed by atoms with Crippen LogP contribution in [-0.4, -0.2) is 8.07 Å². The molecular formula is C26H50Cl2SiZr. The van der Waals surface area contributed by atoms with Gasteiger partial charge < -0.3 is 14.9 Å². The van der Waals surface area contributed by atoms with Gasteiger partial charge in [0.15, 0.2) is 0 Å². The van der Waals surface area contributed by atoms with Crippen LogP contribution in [0.25, 0.3) is 0 Å². The summed E-state index contributed by atoms with van der Waals surface area (Å²) in [6, 6.07) is 0. The van der Waals surface area contributed by atoms with Crippen LogP contribution in [0.3, 0.4) is 0 Å². The number of halogens is 2. The van der Waals surface area contributed by atoms with E-state index < -0.39 is 28.9 Å². The van der Waals surface area contributed by atoms with Crippen LogP contribution in [0.4, 0.5) is 0 Å². The van der Waals surface area contributed by atoms with Crippen molar-refractivity contribution in [1.82, 2.24) is 0 Å². The molecule has 0 heterocycles. The van der Waals surface area contributed by atoms with E-state index in [9.17, 15) is 0 Å². The first-order valence-electron chi connectivity index (χ1n) is 12.4. The molecule has 0 aliphatic heterocycles. The summed E-state index contributed by atoms with van der Waals surface area (Å²) in [5, 5.41) is 0. The fourth-order valence-corrected chi connectivity index (χ4v) is 14.0. The van der Waals surface area contributed by atoms with Gasteiger partial charge in [-0.25, -0.2) is 0 Å². The van der Waals surface area contributed by atoms with Gasteiger partial charge in [-0.05, 0) is 59.4 Å². The van der Waals surface area contributed by atoms with Gasteiger partial charge in [0, 0.05) is 0 Å². The Bertz CT molecular complexity index is 486. The van der Waals surface area contributed by atoms with Crippen LogP contribution in [0.1, 0.15) is 90.9 Å². The number of hydrogen-bond donors (Lipinski definition) is 0. The zero-order chi connectivity index (χ0) is 20.3. The topological polar surface area (TPSA) is 0 Å². The molecule has 0 aromatic rings. The Morgan fingerprint density at radius 3 is 1.93 bits per heavy atom. The third kappa shape index (κ3) is 6.21. The minimum absolute atomic E-state index is 0. The molecule has 8 unspecified atom stereocenters. The minimum atomic E-state index is -1.15. The average Bonchev–Trinajstić information content (AvgIpc) is 3.31. The van der Waals surface area contributed by atoms with E-state index in [2.05, 4.69) is 26.9 Å². The van der Waals surface area contributed by atoms with E-state index in [4.69, 9.17) is 17.0 Å². The second-order valence-corrected chi connectivity index (χ2v) is 20.1. The predicted molar refractivity (Wildman–Crippen MR) is 137 cm³/mol. The van der Waals surface area contributed by atoms with Crippen molar-refractivity contribution in [1.29, 1.82) is 0 Å². The Morgan fingerprint density at radius 2 is 1.33 bits per heavy atom. The molecule has 0 radical (unpaired) electrons. The van der Waals surface area contributed by atoms with Crippen molar-refractivity contribution in [2.24, 2.45) is 35.5 Å². The Kier molecular flexibility index (Phi) is 13.4. The van der Waals surface area contributed by atoms with Crippen LogP contribution in [-0.2, 0) is 20.8 Å². The van der Waals surface area contributed by atoms with Crippen LogP contribution < -0.4 is 0 Å². The van der Waals surface area contributed by atoms with E-state index in [0.717, 1.165) is 35.5 Å². The molecular weight excluding hydrogens is 503 g/mol. The average molecular weight is 553 g/mol. The normalized spacial score (nSPS) is 38.5. The van der Waals surface area contributed by atoms with Gasteiger partial charge in [-0.1, -0.05) is 91.1 Å². The molecule has 0 saturated heterocycles. The van der Waals surface area contributed by atoms with Crippen LogP contribution in [0.15, 0.2) is 0 Å². The van der Waals surface area contributed by atoms with Crippen LogP contribution in [0, 0.1) is 50.4 Å². The number of hydrogen-bond acceptors (Lipinski definition) is 0. The standard InChI is InChI=1S/C24H44Si.2CH3.2ClH.Zr/c1-5-17(2)22-16-24(21-13-9-8-12-20(21)22)25(3,4)23-15-14-18-10-6-7-11-19(18)23;;;;;/h17-24H,5-16H2,1-4H3;2*1H3;2*1H;/q;2*-1;;;+4/p-2. The molecule has 0 N–H and O–H groups in total. The summed E-state index contributed by atoms with van der Waals surface area (Å²) in [7, 11) is 8.71. The molecule has 4 rings (SSSR count). The predicted octanol–water partition coefficient (Wildman–Crippen LogP) is 10.2. The molecule has 8 atom stereocenters. The summed E-state index contributed by atoms with van der Waals surface area (Å²) in [4.78, 5) is 0. The number of rotatable bonds is 4. The van der Waals surface area contributed by atoms with E-state index >= 15 is 0 Å². The molecule has 4 fully saturated rings. The molecule has 30 heavy (non-hydrogen) atoms. The molecule has 0 bridgehead atoms. The van der Waals surface area contributed by atoms with E-state index in [1.165, 1.54) is 23.9 Å². The summed E-state index contributed by atoms with van der Waals surface area (Å²) < 4.78 is 0. The van der Waals surface area contributed by atoms with Crippen molar-refractivity contribution in [3.8, 4) is 0 Å². The Labute approximate surface area is 210 Å². The van der Waals surface area contributed by atoms with Crippen LogP contribution in [0.2, 0.25) is 24.2 Å². The molecule has 0 spiro atoms. The first kappa shape index (κ1) is 29.7.